The van der Waals surface area contributed by atoms with Crippen LogP contribution >= 0.6 is 0 Å². The zero-order valence-corrected chi connectivity index (χ0v) is 17.7. The maximum absolute atomic E-state index is 13.3. The van der Waals surface area contributed by atoms with E-state index in [1.54, 1.807) is 18.2 Å². The lowest BCUT2D eigenvalue weighted by Gasteiger charge is -2.26. The molecule has 0 bridgehead atoms. The Kier molecular flexibility index (Phi) is 5.77. The summed E-state index contributed by atoms with van der Waals surface area (Å²) in [5, 5.41) is 17.9. The Hall–Kier alpha value is -3.93. The van der Waals surface area contributed by atoms with Gasteiger partial charge in [0, 0.05) is 10.9 Å². The molecule has 4 aromatic rings. The monoisotopic (exact) mass is 474 g/mol. The summed E-state index contributed by atoms with van der Waals surface area (Å²) in [6.45, 7) is 1.22. The number of fused-ring (bicyclic) bond motifs is 1. The van der Waals surface area contributed by atoms with Gasteiger partial charge in [0.05, 0.1) is 30.1 Å². The Balaban J connectivity index is 1.73. The van der Waals surface area contributed by atoms with E-state index in [0.29, 0.717) is 27.7 Å². The number of alkyl halides is 3. The summed E-state index contributed by atoms with van der Waals surface area (Å²) in [5.74, 6) is -1.30. The van der Waals surface area contributed by atoms with E-state index in [1.807, 2.05) is 0 Å². The van der Waals surface area contributed by atoms with Gasteiger partial charge in [-0.1, -0.05) is 24.3 Å². The van der Waals surface area contributed by atoms with Crippen molar-refractivity contribution in [1.29, 1.82) is 0 Å². The van der Waals surface area contributed by atoms with Crippen molar-refractivity contribution in [3.05, 3.63) is 71.6 Å². The van der Waals surface area contributed by atoms with Gasteiger partial charge in [0.2, 0.25) is 5.60 Å². The molecule has 0 aliphatic rings. The number of rotatable bonds is 6. The first-order chi connectivity index (χ1) is 16.0. The number of hydrogen-bond acceptors (Lipinski definition) is 6. The summed E-state index contributed by atoms with van der Waals surface area (Å²) < 4.78 is 54.4. The Morgan fingerprint density at radius 1 is 1.18 bits per heavy atom. The van der Waals surface area contributed by atoms with E-state index in [2.05, 4.69) is 20.3 Å². The van der Waals surface area contributed by atoms with Crippen molar-refractivity contribution in [3.63, 3.8) is 0 Å². The molecule has 3 N–H and O–H groups in total. The number of carbonyl (C=O) groups is 1. The third kappa shape index (κ3) is 4.19. The van der Waals surface area contributed by atoms with Crippen LogP contribution in [0.5, 0.6) is 0 Å². The molecule has 34 heavy (non-hydrogen) atoms. The summed E-state index contributed by atoms with van der Waals surface area (Å²) in [4.78, 5) is 20.1. The number of benzene rings is 1. The summed E-state index contributed by atoms with van der Waals surface area (Å²) in [6, 6.07) is 9.14. The molecule has 4 rings (SSSR count). The second-order valence-electron chi connectivity index (χ2n) is 7.65. The molecule has 1 amide bonds. The first kappa shape index (κ1) is 23.2. The number of amides is 1. The van der Waals surface area contributed by atoms with Gasteiger partial charge in [-0.05, 0) is 36.2 Å². The average molecular weight is 474 g/mol. The fourth-order valence-electron chi connectivity index (χ4n) is 3.52. The van der Waals surface area contributed by atoms with Gasteiger partial charge >= 0.3 is 6.18 Å². The van der Waals surface area contributed by atoms with Crippen LogP contribution in [0.25, 0.3) is 22.2 Å². The predicted molar refractivity (Wildman–Crippen MR) is 113 cm³/mol. The van der Waals surface area contributed by atoms with E-state index >= 15 is 0 Å². The number of hydrogen-bond donors (Lipinski definition) is 2. The quantitative estimate of drug-likeness (QED) is 0.414. The third-order valence-electron chi connectivity index (χ3n) is 5.42. The highest BCUT2D eigenvalue weighted by atomic mass is 19.4. The van der Waals surface area contributed by atoms with E-state index < -0.39 is 35.6 Å². The molecule has 0 aliphatic carbocycles. The van der Waals surface area contributed by atoms with E-state index in [-0.39, 0.29) is 12.2 Å². The molecule has 0 spiro atoms. The van der Waals surface area contributed by atoms with Gasteiger partial charge in [-0.2, -0.15) is 13.2 Å². The van der Waals surface area contributed by atoms with Crippen LogP contribution in [0.1, 0.15) is 35.1 Å². The van der Waals surface area contributed by atoms with Crippen LogP contribution in [0.2, 0.25) is 0 Å². The molecule has 0 saturated carbocycles. The Labute approximate surface area is 190 Å². The summed E-state index contributed by atoms with van der Waals surface area (Å²) in [5.41, 5.74) is 3.52. The standard InChI is InChI=1S/C22H18F4N6O2/c1-2-21(34,22(24,25)26)19-11-32(31-30-19)10-12-3-5-14-15(16-6-4-13(23)9-28-16)8-18(20(27)33)29-17(14)7-12/h3-9,11,34H,2,10H2,1H3,(H2,27,33). The number of aromatic nitrogens is 5. The lowest BCUT2D eigenvalue weighted by molar-refractivity contribution is -0.269. The molecule has 1 aromatic carbocycles. The molecule has 0 fully saturated rings. The number of halogens is 4. The highest BCUT2D eigenvalue weighted by molar-refractivity contribution is 6.00. The Morgan fingerprint density at radius 2 is 1.94 bits per heavy atom. The maximum atomic E-state index is 13.3. The Morgan fingerprint density at radius 3 is 2.56 bits per heavy atom. The Bertz CT molecular complexity index is 1370. The average Bonchev–Trinajstić information content (AvgIpc) is 3.26. The fourth-order valence-corrected chi connectivity index (χ4v) is 3.52. The minimum Gasteiger partial charge on any atom is -0.375 e. The molecule has 12 heteroatoms. The number of primary amides is 1. The maximum Gasteiger partial charge on any atom is 0.423 e. The topological polar surface area (TPSA) is 120 Å². The molecule has 3 heterocycles. The molecule has 0 aliphatic heterocycles. The molecule has 0 saturated heterocycles. The lowest BCUT2D eigenvalue weighted by Crippen LogP contribution is -2.42. The fraction of sp³-hybridized carbons (Fsp3) is 0.227. The molecule has 8 nitrogen and oxygen atoms in total. The van der Waals surface area contributed by atoms with Crippen molar-refractivity contribution in [2.45, 2.75) is 31.7 Å². The first-order valence-corrected chi connectivity index (χ1v) is 10.1. The van der Waals surface area contributed by atoms with Crippen molar-refractivity contribution in [3.8, 4) is 11.3 Å². The van der Waals surface area contributed by atoms with Crippen LogP contribution in [0, 0.1) is 5.82 Å². The van der Waals surface area contributed by atoms with Gasteiger partial charge in [-0.25, -0.2) is 14.1 Å². The largest absolute Gasteiger partial charge is 0.423 e. The van der Waals surface area contributed by atoms with Gasteiger partial charge in [-0.3, -0.25) is 9.78 Å². The van der Waals surface area contributed by atoms with Gasteiger partial charge in [0.1, 0.15) is 17.2 Å². The molecule has 176 valence electrons. The molecule has 1 unspecified atom stereocenters. The van der Waals surface area contributed by atoms with Crippen molar-refractivity contribution >= 4 is 16.8 Å². The number of aliphatic hydroxyl groups is 1. The summed E-state index contributed by atoms with van der Waals surface area (Å²) in [7, 11) is 0. The molecule has 0 radical (unpaired) electrons. The minimum absolute atomic E-state index is 0.0210. The van der Waals surface area contributed by atoms with Crippen LogP contribution in [0.3, 0.4) is 0 Å². The van der Waals surface area contributed by atoms with E-state index in [1.165, 1.54) is 25.1 Å². The van der Waals surface area contributed by atoms with E-state index in [0.717, 1.165) is 17.1 Å². The summed E-state index contributed by atoms with van der Waals surface area (Å²) >= 11 is 0. The number of nitrogens with two attached hydrogens (primary N) is 1. The van der Waals surface area contributed by atoms with Gasteiger partial charge < -0.3 is 10.8 Å². The number of pyridine rings is 2. The molecular formula is C22H18F4N6O2. The normalized spacial score (nSPS) is 13.7. The van der Waals surface area contributed by atoms with Crippen molar-refractivity contribution in [2.75, 3.05) is 0 Å². The van der Waals surface area contributed by atoms with Gasteiger partial charge in [-0.15, -0.1) is 5.10 Å². The van der Waals surface area contributed by atoms with Gasteiger partial charge in [0.25, 0.3) is 5.91 Å². The molecule has 3 aromatic heterocycles. The third-order valence-corrected chi connectivity index (χ3v) is 5.42. The smallest absolute Gasteiger partial charge is 0.375 e. The SMILES string of the molecule is CCC(O)(c1cn(Cc2ccc3c(-c4ccc(F)cn4)cc(C(N)=O)nc3c2)nn1)C(F)(F)F. The highest BCUT2D eigenvalue weighted by Gasteiger charge is 2.55. The van der Waals surface area contributed by atoms with Crippen molar-refractivity contribution in [2.24, 2.45) is 5.73 Å². The molecular weight excluding hydrogens is 456 g/mol. The summed E-state index contributed by atoms with van der Waals surface area (Å²) in [6.07, 6.45) is -3.46. The minimum atomic E-state index is -4.91. The highest BCUT2D eigenvalue weighted by Crippen LogP contribution is 2.40. The van der Waals surface area contributed by atoms with Gasteiger partial charge in [0.15, 0.2) is 0 Å². The lowest BCUT2D eigenvalue weighted by atomic mass is 9.96. The predicted octanol–water partition coefficient (Wildman–Crippen LogP) is 3.33. The van der Waals surface area contributed by atoms with Crippen molar-refractivity contribution in [1.82, 2.24) is 25.0 Å². The van der Waals surface area contributed by atoms with Crippen LogP contribution in [0.4, 0.5) is 17.6 Å². The van der Waals surface area contributed by atoms with Crippen LogP contribution in [-0.4, -0.2) is 42.2 Å². The second-order valence-corrected chi connectivity index (χ2v) is 7.65. The van der Waals surface area contributed by atoms with E-state index in [9.17, 15) is 27.5 Å². The van der Waals surface area contributed by atoms with E-state index in [4.69, 9.17) is 5.73 Å². The van der Waals surface area contributed by atoms with Crippen LogP contribution in [0.15, 0.2) is 48.8 Å². The zero-order chi connectivity index (χ0) is 24.7. The molecule has 1 atom stereocenters. The van der Waals surface area contributed by atoms with Crippen LogP contribution < -0.4 is 5.73 Å². The number of nitrogens with zero attached hydrogens (tertiary/aromatic N) is 5. The van der Waals surface area contributed by atoms with Crippen LogP contribution in [-0.2, 0) is 12.1 Å². The van der Waals surface area contributed by atoms with Crippen molar-refractivity contribution < 1.29 is 27.5 Å². The second kappa shape index (κ2) is 8.45. The number of carbonyl (C=O) groups excluding carboxylic acids is 1. The first-order valence-electron chi connectivity index (χ1n) is 10.1. The zero-order valence-electron chi connectivity index (χ0n) is 17.7.